The molecule has 0 spiro atoms. The Morgan fingerprint density at radius 1 is 1.16 bits per heavy atom. The Morgan fingerprint density at radius 2 is 2.08 bits per heavy atom. The number of carbonyl (C=O) groups excluding carboxylic acids is 1. The Labute approximate surface area is 151 Å². The molecule has 2 fully saturated rings. The minimum atomic E-state index is 0.150. The van der Waals surface area contributed by atoms with Gasteiger partial charge in [-0.2, -0.15) is 0 Å². The number of Topliss-reactive ketones (excluding diaryl/α,β-unsaturated/α-hetero) is 1. The average Bonchev–Trinajstić information content (AvgIpc) is 3.46. The highest BCUT2D eigenvalue weighted by atomic mass is 16.5. The molecular weight excluding hydrogens is 310 g/mol. The van der Waals surface area contributed by atoms with E-state index < -0.39 is 0 Å². The maximum atomic E-state index is 13.0. The lowest BCUT2D eigenvalue weighted by atomic mass is 9.90. The summed E-state index contributed by atoms with van der Waals surface area (Å²) < 4.78 is 6.01. The zero-order valence-electron chi connectivity index (χ0n) is 15.1. The number of rotatable bonds is 6. The van der Waals surface area contributed by atoms with Crippen molar-refractivity contribution < 1.29 is 9.53 Å². The summed E-state index contributed by atoms with van der Waals surface area (Å²) in [5.74, 6) is 3.21. The lowest BCUT2D eigenvalue weighted by molar-refractivity contribution is 0.0814. The van der Waals surface area contributed by atoms with Crippen molar-refractivity contribution in [2.45, 2.75) is 51.4 Å². The number of hydrogen-bond donors (Lipinski definition) is 0. The van der Waals surface area contributed by atoms with Gasteiger partial charge in [0.1, 0.15) is 11.5 Å². The molecule has 0 amide bonds. The third kappa shape index (κ3) is 4.52. The summed E-state index contributed by atoms with van der Waals surface area (Å²) in [6.07, 6.45) is 11.7. The van der Waals surface area contributed by atoms with Crippen molar-refractivity contribution in [1.29, 1.82) is 0 Å². The summed E-state index contributed by atoms with van der Waals surface area (Å²) in [6.45, 7) is 3.30. The van der Waals surface area contributed by atoms with Crippen LogP contribution in [-0.2, 0) is 0 Å². The molecule has 1 aliphatic heterocycles. The monoisotopic (exact) mass is 339 g/mol. The second-order valence-corrected chi connectivity index (χ2v) is 7.95. The number of allylic oxidation sites excluding steroid dienone is 2. The number of benzene rings is 1. The van der Waals surface area contributed by atoms with Crippen molar-refractivity contribution in [1.82, 2.24) is 4.90 Å². The summed E-state index contributed by atoms with van der Waals surface area (Å²) in [4.78, 5) is 15.5. The van der Waals surface area contributed by atoms with Crippen molar-refractivity contribution in [3.05, 3.63) is 41.7 Å². The van der Waals surface area contributed by atoms with Crippen LogP contribution in [0.2, 0.25) is 0 Å². The number of ketones is 1. The average molecular weight is 339 g/mol. The van der Waals surface area contributed by atoms with Crippen LogP contribution in [0.5, 0.6) is 5.75 Å². The Bertz CT molecular complexity index is 647. The van der Waals surface area contributed by atoms with Gasteiger partial charge in [-0.3, -0.25) is 4.79 Å². The molecule has 1 saturated heterocycles. The van der Waals surface area contributed by atoms with E-state index >= 15 is 0 Å². The molecule has 4 rings (SSSR count). The molecular formula is C22H29NO2. The lowest BCUT2D eigenvalue weighted by Crippen LogP contribution is -2.39. The first-order chi connectivity index (χ1) is 12.3. The molecule has 1 atom stereocenters. The normalized spacial score (nSPS) is 24.6. The van der Waals surface area contributed by atoms with Gasteiger partial charge in [0.15, 0.2) is 5.78 Å². The number of likely N-dealkylation sites (tertiary alicyclic amines) is 1. The molecule has 1 aromatic carbocycles. The van der Waals surface area contributed by atoms with Gasteiger partial charge in [-0.25, -0.2) is 0 Å². The zero-order chi connectivity index (χ0) is 17.1. The van der Waals surface area contributed by atoms with Crippen molar-refractivity contribution in [2.75, 3.05) is 19.6 Å². The van der Waals surface area contributed by atoms with Crippen LogP contribution >= 0.6 is 0 Å². The first-order valence-corrected chi connectivity index (χ1v) is 10.0. The fourth-order valence-corrected chi connectivity index (χ4v) is 4.10. The van der Waals surface area contributed by atoms with E-state index in [2.05, 4.69) is 11.0 Å². The topological polar surface area (TPSA) is 29.5 Å². The van der Waals surface area contributed by atoms with Crippen LogP contribution in [0.4, 0.5) is 0 Å². The van der Waals surface area contributed by atoms with Crippen LogP contribution in [0.15, 0.2) is 36.1 Å². The standard InChI is InChI=1S/C22H29NO2/c24-22(19-7-5-13-23(16-19)15-17-11-12-17)18-6-4-10-21(14-18)25-20-8-2-1-3-9-20/h4,6,8,10,14,17,19H,1-3,5,7,9,11-13,15-16H2/t19-/m0/s1. The van der Waals surface area contributed by atoms with E-state index in [1.807, 2.05) is 24.3 Å². The van der Waals surface area contributed by atoms with Crippen LogP contribution in [0.3, 0.4) is 0 Å². The van der Waals surface area contributed by atoms with Crippen LogP contribution in [-0.4, -0.2) is 30.3 Å². The predicted octanol–water partition coefficient (Wildman–Crippen LogP) is 4.83. The van der Waals surface area contributed by atoms with Gasteiger partial charge in [-0.1, -0.05) is 12.1 Å². The largest absolute Gasteiger partial charge is 0.462 e. The number of hydrogen-bond acceptors (Lipinski definition) is 3. The summed E-state index contributed by atoms with van der Waals surface area (Å²) in [5.41, 5.74) is 0.812. The van der Waals surface area contributed by atoms with Crippen LogP contribution in [0.1, 0.15) is 61.7 Å². The number of piperidine rings is 1. The summed E-state index contributed by atoms with van der Waals surface area (Å²) in [6, 6.07) is 7.81. The molecule has 1 saturated carbocycles. The summed E-state index contributed by atoms with van der Waals surface area (Å²) >= 11 is 0. The molecule has 3 nitrogen and oxygen atoms in total. The summed E-state index contributed by atoms with van der Waals surface area (Å²) in [7, 11) is 0. The van der Waals surface area contributed by atoms with Gasteiger partial charge in [0.25, 0.3) is 0 Å². The van der Waals surface area contributed by atoms with E-state index in [9.17, 15) is 4.79 Å². The highest BCUT2D eigenvalue weighted by Gasteiger charge is 2.30. The van der Waals surface area contributed by atoms with Crippen LogP contribution in [0, 0.1) is 11.8 Å². The third-order valence-electron chi connectivity index (χ3n) is 5.71. The Kier molecular flexibility index (Phi) is 5.21. The van der Waals surface area contributed by atoms with E-state index in [4.69, 9.17) is 4.74 Å². The predicted molar refractivity (Wildman–Crippen MR) is 99.8 cm³/mol. The highest BCUT2D eigenvalue weighted by Crippen LogP contribution is 2.32. The minimum Gasteiger partial charge on any atom is -0.462 e. The van der Waals surface area contributed by atoms with E-state index in [-0.39, 0.29) is 5.92 Å². The Hall–Kier alpha value is -1.61. The molecule has 1 heterocycles. The van der Waals surface area contributed by atoms with E-state index in [1.165, 1.54) is 32.2 Å². The molecule has 0 aromatic heterocycles. The quantitative estimate of drug-likeness (QED) is 0.695. The van der Waals surface area contributed by atoms with E-state index in [0.717, 1.165) is 61.8 Å². The van der Waals surface area contributed by atoms with E-state index in [0.29, 0.717) is 5.78 Å². The maximum absolute atomic E-state index is 13.0. The third-order valence-corrected chi connectivity index (χ3v) is 5.71. The molecule has 1 aromatic rings. The molecule has 2 aliphatic carbocycles. The fourth-order valence-electron chi connectivity index (χ4n) is 4.10. The van der Waals surface area contributed by atoms with Gasteiger partial charge in [-0.15, -0.1) is 0 Å². The van der Waals surface area contributed by atoms with Gasteiger partial charge in [0.05, 0.1) is 0 Å². The smallest absolute Gasteiger partial charge is 0.167 e. The second kappa shape index (κ2) is 7.74. The Balaban J connectivity index is 1.40. The van der Waals surface area contributed by atoms with Gasteiger partial charge < -0.3 is 9.64 Å². The molecule has 0 bridgehead atoms. The van der Waals surface area contributed by atoms with Crippen molar-refractivity contribution in [3.8, 4) is 5.75 Å². The SMILES string of the molecule is O=C(c1cccc(OC2=CCCCC2)c1)[C@H]1CCCN(CC2CC2)C1. The van der Waals surface area contributed by atoms with Gasteiger partial charge in [0, 0.05) is 31.0 Å². The van der Waals surface area contributed by atoms with Crippen LogP contribution < -0.4 is 4.74 Å². The highest BCUT2D eigenvalue weighted by molar-refractivity contribution is 5.98. The first-order valence-electron chi connectivity index (χ1n) is 10.0. The summed E-state index contributed by atoms with van der Waals surface area (Å²) in [5, 5.41) is 0. The number of carbonyl (C=O) groups is 1. The lowest BCUT2D eigenvalue weighted by Gasteiger charge is -2.32. The molecule has 0 unspecified atom stereocenters. The van der Waals surface area contributed by atoms with Crippen molar-refractivity contribution >= 4 is 5.78 Å². The minimum absolute atomic E-state index is 0.150. The number of ether oxygens (including phenoxy) is 1. The molecule has 3 aliphatic rings. The molecule has 134 valence electrons. The van der Waals surface area contributed by atoms with Gasteiger partial charge >= 0.3 is 0 Å². The Morgan fingerprint density at radius 3 is 2.88 bits per heavy atom. The maximum Gasteiger partial charge on any atom is 0.167 e. The zero-order valence-corrected chi connectivity index (χ0v) is 15.1. The van der Waals surface area contributed by atoms with Crippen molar-refractivity contribution in [3.63, 3.8) is 0 Å². The number of nitrogens with zero attached hydrogens (tertiary/aromatic N) is 1. The first kappa shape index (κ1) is 16.8. The van der Waals surface area contributed by atoms with Gasteiger partial charge in [-0.05, 0) is 75.6 Å². The molecule has 0 N–H and O–H groups in total. The molecule has 25 heavy (non-hydrogen) atoms. The fraction of sp³-hybridized carbons (Fsp3) is 0.591. The second-order valence-electron chi connectivity index (χ2n) is 7.95. The molecule has 3 heteroatoms. The molecule has 0 radical (unpaired) electrons. The van der Waals surface area contributed by atoms with E-state index in [1.54, 1.807) is 0 Å². The van der Waals surface area contributed by atoms with Crippen molar-refractivity contribution in [2.24, 2.45) is 11.8 Å². The van der Waals surface area contributed by atoms with Crippen LogP contribution in [0.25, 0.3) is 0 Å². The van der Waals surface area contributed by atoms with Gasteiger partial charge in [0.2, 0.25) is 0 Å².